The molecule has 0 radical (unpaired) electrons. The van der Waals surface area contributed by atoms with E-state index in [0.29, 0.717) is 17.7 Å². The highest BCUT2D eigenvalue weighted by molar-refractivity contribution is 5.35. The maximum absolute atomic E-state index is 11.7. The number of hydrogen-bond acceptors (Lipinski definition) is 4. The fourth-order valence-corrected chi connectivity index (χ4v) is 2.55. The van der Waals surface area contributed by atoms with E-state index in [2.05, 4.69) is 4.98 Å². The Labute approximate surface area is 105 Å². The largest absolute Gasteiger partial charge is 0.489 e. The number of fused-ring (bicyclic) bond motifs is 1. The van der Waals surface area contributed by atoms with Gasteiger partial charge in [0.2, 0.25) is 0 Å². The van der Waals surface area contributed by atoms with Gasteiger partial charge in [-0.05, 0) is 18.4 Å². The second kappa shape index (κ2) is 5.12. The standard InChI is InChI=1S/C13H19NO4/c1-7(4-6-15)12-8(2)11(16)10-9(18-12)3-5-14-13(10)17/h3,5,7-8,11-12,15-16H,4,6H2,1-2H3,(H,14,17)/t7-,8-,11+,12+/m1/s1. The lowest BCUT2D eigenvalue weighted by Gasteiger charge is -2.37. The lowest BCUT2D eigenvalue weighted by Crippen LogP contribution is -2.41. The Balaban J connectivity index is 2.34. The number of nitrogens with one attached hydrogen (secondary N) is 1. The molecule has 18 heavy (non-hydrogen) atoms. The van der Waals surface area contributed by atoms with Crippen LogP contribution in [0.4, 0.5) is 0 Å². The summed E-state index contributed by atoms with van der Waals surface area (Å²) >= 11 is 0. The molecule has 0 bridgehead atoms. The molecule has 100 valence electrons. The van der Waals surface area contributed by atoms with Crippen LogP contribution in [0.15, 0.2) is 17.1 Å². The highest BCUT2D eigenvalue weighted by Gasteiger charge is 2.38. The molecule has 5 nitrogen and oxygen atoms in total. The summed E-state index contributed by atoms with van der Waals surface area (Å²) in [6.45, 7) is 3.92. The minimum absolute atomic E-state index is 0.0894. The number of H-pyrrole nitrogens is 1. The molecule has 2 rings (SSSR count). The molecule has 0 aromatic carbocycles. The molecule has 0 aliphatic carbocycles. The van der Waals surface area contributed by atoms with Crippen LogP contribution in [0.1, 0.15) is 31.9 Å². The smallest absolute Gasteiger partial charge is 0.257 e. The van der Waals surface area contributed by atoms with Gasteiger partial charge in [0.1, 0.15) is 11.9 Å². The molecule has 0 amide bonds. The number of aromatic amines is 1. The Morgan fingerprint density at radius 2 is 2.28 bits per heavy atom. The lowest BCUT2D eigenvalue weighted by molar-refractivity contribution is -0.0215. The van der Waals surface area contributed by atoms with Gasteiger partial charge in [0.15, 0.2) is 0 Å². The minimum atomic E-state index is -0.829. The van der Waals surface area contributed by atoms with Gasteiger partial charge >= 0.3 is 0 Å². The molecule has 4 atom stereocenters. The summed E-state index contributed by atoms with van der Waals surface area (Å²) in [6, 6.07) is 1.66. The predicted octanol–water partition coefficient (Wildman–Crippen LogP) is 0.824. The van der Waals surface area contributed by atoms with Crippen molar-refractivity contribution in [1.29, 1.82) is 0 Å². The van der Waals surface area contributed by atoms with Crippen LogP contribution >= 0.6 is 0 Å². The summed E-state index contributed by atoms with van der Waals surface area (Å²) in [7, 11) is 0. The molecule has 0 spiro atoms. The van der Waals surface area contributed by atoms with Crippen molar-refractivity contribution in [1.82, 2.24) is 4.98 Å². The monoisotopic (exact) mass is 253 g/mol. The third kappa shape index (κ3) is 2.15. The normalized spacial score (nSPS) is 28.3. The average Bonchev–Trinajstić information content (AvgIpc) is 2.33. The molecule has 2 heterocycles. The number of aliphatic hydroxyl groups excluding tert-OH is 2. The van der Waals surface area contributed by atoms with Crippen molar-refractivity contribution >= 4 is 0 Å². The Morgan fingerprint density at radius 1 is 1.56 bits per heavy atom. The Kier molecular flexibility index (Phi) is 3.73. The molecule has 1 aliphatic rings. The van der Waals surface area contributed by atoms with Crippen molar-refractivity contribution in [2.24, 2.45) is 11.8 Å². The first kappa shape index (κ1) is 13.1. The third-order valence-electron chi connectivity index (χ3n) is 3.68. The second-order valence-electron chi connectivity index (χ2n) is 4.96. The van der Waals surface area contributed by atoms with E-state index in [1.807, 2.05) is 13.8 Å². The molecule has 0 saturated carbocycles. The number of aliphatic hydroxyl groups is 2. The number of aromatic nitrogens is 1. The zero-order valence-corrected chi connectivity index (χ0v) is 10.6. The Hall–Kier alpha value is -1.33. The zero-order chi connectivity index (χ0) is 13.3. The SMILES string of the molecule is C[C@H]1[C@H]([C@H](C)CCO)Oc2cc[nH]c(=O)c2[C@H]1O. The van der Waals surface area contributed by atoms with Gasteiger partial charge in [-0.2, -0.15) is 0 Å². The Morgan fingerprint density at radius 3 is 2.94 bits per heavy atom. The van der Waals surface area contributed by atoms with E-state index in [1.54, 1.807) is 6.07 Å². The van der Waals surface area contributed by atoms with Crippen LogP contribution in [0.5, 0.6) is 5.75 Å². The van der Waals surface area contributed by atoms with Crippen LogP contribution in [0, 0.1) is 11.8 Å². The molecule has 3 N–H and O–H groups in total. The van der Waals surface area contributed by atoms with E-state index < -0.39 is 6.10 Å². The molecule has 1 aromatic heterocycles. The van der Waals surface area contributed by atoms with Crippen LogP contribution in [0.3, 0.4) is 0 Å². The summed E-state index contributed by atoms with van der Waals surface area (Å²) in [5.41, 5.74) is -0.00226. The fraction of sp³-hybridized carbons (Fsp3) is 0.615. The van der Waals surface area contributed by atoms with Crippen molar-refractivity contribution in [2.45, 2.75) is 32.5 Å². The molecule has 0 saturated heterocycles. The van der Waals surface area contributed by atoms with Gasteiger partial charge in [-0.3, -0.25) is 4.79 Å². The summed E-state index contributed by atoms with van der Waals surface area (Å²) in [6.07, 6.45) is 1.10. The molecule has 0 unspecified atom stereocenters. The quantitative estimate of drug-likeness (QED) is 0.745. The maximum Gasteiger partial charge on any atom is 0.257 e. The molecule has 1 aliphatic heterocycles. The summed E-state index contributed by atoms with van der Waals surface area (Å²) in [5, 5.41) is 19.2. The first-order valence-electron chi connectivity index (χ1n) is 6.23. The highest BCUT2D eigenvalue weighted by atomic mass is 16.5. The number of rotatable bonds is 3. The number of pyridine rings is 1. The van der Waals surface area contributed by atoms with Crippen LogP contribution in [0.25, 0.3) is 0 Å². The third-order valence-corrected chi connectivity index (χ3v) is 3.68. The molecule has 1 aromatic rings. The van der Waals surface area contributed by atoms with Gasteiger partial charge in [-0.25, -0.2) is 0 Å². The van der Waals surface area contributed by atoms with Crippen LogP contribution in [0.2, 0.25) is 0 Å². The van der Waals surface area contributed by atoms with Gasteiger partial charge in [0, 0.05) is 18.7 Å². The maximum atomic E-state index is 11.7. The molecular formula is C13H19NO4. The molecular weight excluding hydrogens is 234 g/mol. The van der Waals surface area contributed by atoms with Crippen LogP contribution < -0.4 is 10.3 Å². The van der Waals surface area contributed by atoms with E-state index in [9.17, 15) is 9.90 Å². The van der Waals surface area contributed by atoms with Gasteiger partial charge < -0.3 is 19.9 Å². The van der Waals surface area contributed by atoms with Gasteiger partial charge in [-0.1, -0.05) is 13.8 Å². The van der Waals surface area contributed by atoms with Gasteiger partial charge in [0.25, 0.3) is 5.56 Å². The van der Waals surface area contributed by atoms with Crippen LogP contribution in [-0.2, 0) is 0 Å². The average molecular weight is 253 g/mol. The Bertz CT molecular complexity index is 470. The molecule has 0 fully saturated rings. The second-order valence-corrected chi connectivity index (χ2v) is 4.96. The van der Waals surface area contributed by atoms with Crippen molar-refractivity contribution < 1.29 is 14.9 Å². The summed E-state index contributed by atoms with van der Waals surface area (Å²) in [5.74, 6) is 0.383. The van der Waals surface area contributed by atoms with Gasteiger partial charge in [0.05, 0.1) is 11.7 Å². The van der Waals surface area contributed by atoms with E-state index in [-0.39, 0.29) is 30.1 Å². The topological polar surface area (TPSA) is 82.5 Å². The lowest BCUT2D eigenvalue weighted by atomic mass is 9.83. The first-order chi connectivity index (χ1) is 8.56. The first-order valence-corrected chi connectivity index (χ1v) is 6.23. The van der Waals surface area contributed by atoms with E-state index in [4.69, 9.17) is 9.84 Å². The zero-order valence-electron chi connectivity index (χ0n) is 10.6. The summed E-state index contributed by atoms with van der Waals surface area (Å²) < 4.78 is 5.82. The van der Waals surface area contributed by atoms with Crippen molar-refractivity contribution in [3.8, 4) is 5.75 Å². The van der Waals surface area contributed by atoms with E-state index in [0.717, 1.165) is 0 Å². The van der Waals surface area contributed by atoms with Crippen molar-refractivity contribution in [3.05, 3.63) is 28.2 Å². The molecule has 5 heteroatoms. The van der Waals surface area contributed by atoms with Crippen molar-refractivity contribution in [3.63, 3.8) is 0 Å². The fourth-order valence-electron chi connectivity index (χ4n) is 2.55. The van der Waals surface area contributed by atoms with E-state index >= 15 is 0 Å². The number of hydrogen-bond donors (Lipinski definition) is 3. The van der Waals surface area contributed by atoms with Crippen molar-refractivity contribution in [2.75, 3.05) is 6.61 Å². The number of ether oxygens (including phenoxy) is 1. The van der Waals surface area contributed by atoms with E-state index in [1.165, 1.54) is 6.20 Å². The predicted molar refractivity (Wildman–Crippen MR) is 66.5 cm³/mol. The van der Waals surface area contributed by atoms with Gasteiger partial charge in [-0.15, -0.1) is 0 Å². The summed E-state index contributed by atoms with van der Waals surface area (Å²) in [4.78, 5) is 14.2. The van der Waals surface area contributed by atoms with Crippen LogP contribution in [-0.4, -0.2) is 27.9 Å². The minimum Gasteiger partial charge on any atom is -0.489 e. The highest BCUT2D eigenvalue weighted by Crippen LogP contribution is 2.38.